The van der Waals surface area contributed by atoms with Crippen molar-refractivity contribution in [2.24, 2.45) is 0 Å². The van der Waals surface area contributed by atoms with Gasteiger partial charge in [-0.05, 0) is 52.6 Å². The van der Waals surface area contributed by atoms with Gasteiger partial charge in [0.15, 0.2) is 0 Å². The number of nitrogens with zero attached hydrogens (tertiary/aromatic N) is 3. The maximum absolute atomic E-state index is 5.43. The van der Waals surface area contributed by atoms with Crippen molar-refractivity contribution in [3.63, 3.8) is 0 Å². The molecule has 0 aliphatic heterocycles. The van der Waals surface area contributed by atoms with Crippen LogP contribution in [0.1, 0.15) is 25.0 Å². The fourth-order valence-electron chi connectivity index (χ4n) is 7.96. The maximum Gasteiger partial charge on any atom is 0.235 e. The van der Waals surface area contributed by atoms with Crippen molar-refractivity contribution >= 4 is 53.3 Å². The van der Waals surface area contributed by atoms with Crippen molar-refractivity contribution in [1.29, 1.82) is 0 Å². The summed E-state index contributed by atoms with van der Waals surface area (Å²) in [5, 5.41) is 5.01. The summed E-state index contributed by atoms with van der Waals surface area (Å²) >= 11 is 1.83. The van der Waals surface area contributed by atoms with Crippen molar-refractivity contribution < 1.29 is 0 Å². The van der Waals surface area contributed by atoms with Crippen LogP contribution in [-0.2, 0) is 5.41 Å². The Morgan fingerprint density at radius 1 is 0.532 bits per heavy atom. The van der Waals surface area contributed by atoms with Gasteiger partial charge in [0.25, 0.3) is 0 Å². The zero-order chi connectivity index (χ0) is 31.3. The van der Waals surface area contributed by atoms with E-state index in [2.05, 4.69) is 158 Å². The first kappa shape index (κ1) is 26.6. The average molecular weight is 620 g/mol. The maximum atomic E-state index is 5.43. The molecule has 0 spiro atoms. The molecule has 1 aliphatic carbocycles. The molecule has 10 rings (SSSR count). The lowest BCUT2D eigenvalue weighted by atomic mass is 9.80. The van der Waals surface area contributed by atoms with Crippen molar-refractivity contribution in [2.45, 2.75) is 19.3 Å². The lowest BCUT2D eigenvalue weighted by Crippen LogP contribution is -2.15. The van der Waals surface area contributed by atoms with Crippen LogP contribution in [0.3, 0.4) is 0 Å². The van der Waals surface area contributed by atoms with Crippen molar-refractivity contribution in [1.82, 2.24) is 14.5 Å². The lowest BCUT2D eigenvalue weighted by Gasteiger charge is -2.22. The average Bonchev–Trinajstić information content (AvgIpc) is 3.74. The molecule has 1 aliphatic rings. The van der Waals surface area contributed by atoms with Crippen molar-refractivity contribution in [3.8, 4) is 39.6 Å². The molecule has 6 aromatic carbocycles. The van der Waals surface area contributed by atoms with Crippen LogP contribution in [0.2, 0.25) is 0 Å². The van der Waals surface area contributed by atoms with Gasteiger partial charge in [0.05, 0.1) is 22.4 Å². The van der Waals surface area contributed by atoms with Gasteiger partial charge in [-0.1, -0.05) is 123 Å². The molecular weight excluding hydrogens is 591 g/mol. The highest BCUT2D eigenvalue weighted by Crippen LogP contribution is 2.53. The second kappa shape index (κ2) is 9.71. The van der Waals surface area contributed by atoms with E-state index in [4.69, 9.17) is 9.97 Å². The Kier molecular flexibility index (Phi) is 5.50. The van der Waals surface area contributed by atoms with Crippen molar-refractivity contribution in [2.75, 3.05) is 0 Å². The molecule has 222 valence electrons. The number of benzene rings is 6. The fraction of sp³-hybridized carbons (Fsp3) is 0.0698. The first-order chi connectivity index (χ1) is 23.1. The summed E-state index contributed by atoms with van der Waals surface area (Å²) in [5.41, 5.74) is 11.5. The van der Waals surface area contributed by atoms with E-state index in [1.165, 1.54) is 53.2 Å². The summed E-state index contributed by atoms with van der Waals surface area (Å²) in [4.78, 5) is 10.8. The summed E-state index contributed by atoms with van der Waals surface area (Å²) in [7, 11) is 0. The molecule has 3 aromatic heterocycles. The van der Waals surface area contributed by atoms with E-state index in [1.807, 2.05) is 11.3 Å². The molecule has 0 saturated carbocycles. The molecule has 3 heterocycles. The SMILES string of the molecule is CC1(C)c2ccccc2-c2ccc3c(c21)c1ccccc1n3-c1nc(-c2ccccc2)cc(-c2cccc3sc4ccccc4c23)n1. The van der Waals surface area contributed by atoms with Gasteiger partial charge < -0.3 is 0 Å². The van der Waals surface area contributed by atoms with E-state index in [1.54, 1.807) is 0 Å². The Balaban J connectivity index is 1.31. The first-order valence-electron chi connectivity index (χ1n) is 16.1. The Labute approximate surface area is 276 Å². The van der Waals surface area contributed by atoms with E-state index in [-0.39, 0.29) is 5.41 Å². The molecule has 0 N–H and O–H groups in total. The van der Waals surface area contributed by atoms with E-state index in [9.17, 15) is 0 Å². The van der Waals surface area contributed by atoms with E-state index in [0.717, 1.165) is 33.5 Å². The molecule has 0 fully saturated rings. The zero-order valence-electron chi connectivity index (χ0n) is 26.0. The number of fused-ring (bicyclic) bond motifs is 10. The van der Waals surface area contributed by atoms with Crippen molar-refractivity contribution in [3.05, 3.63) is 151 Å². The topological polar surface area (TPSA) is 30.7 Å². The van der Waals surface area contributed by atoms with E-state index >= 15 is 0 Å². The second-order valence-electron chi connectivity index (χ2n) is 13.0. The van der Waals surface area contributed by atoms with Crippen LogP contribution in [0.15, 0.2) is 140 Å². The van der Waals surface area contributed by atoms with Gasteiger partial charge in [-0.15, -0.1) is 11.3 Å². The number of aromatic nitrogens is 3. The highest BCUT2D eigenvalue weighted by Gasteiger charge is 2.38. The van der Waals surface area contributed by atoms with Crippen LogP contribution >= 0.6 is 11.3 Å². The summed E-state index contributed by atoms with van der Waals surface area (Å²) < 4.78 is 4.83. The van der Waals surface area contributed by atoms with Gasteiger partial charge in [-0.3, -0.25) is 4.57 Å². The Morgan fingerprint density at radius 3 is 2.13 bits per heavy atom. The van der Waals surface area contributed by atoms with Gasteiger partial charge >= 0.3 is 0 Å². The zero-order valence-corrected chi connectivity index (χ0v) is 26.8. The third-order valence-corrected chi connectivity index (χ3v) is 11.2. The number of para-hydroxylation sites is 1. The quantitative estimate of drug-likeness (QED) is 0.197. The summed E-state index contributed by atoms with van der Waals surface area (Å²) in [6.07, 6.45) is 0. The van der Waals surface area contributed by atoms with Gasteiger partial charge in [-0.2, -0.15) is 0 Å². The minimum atomic E-state index is -0.145. The number of hydrogen-bond donors (Lipinski definition) is 0. The molecule has 0 bridgehead atoms. The van der Waals surface area contributed by atoms with Crippen LogP contribution in [0, 0.1) is 0 Å². The third-order valence-electron chi connectivity index (χ3n) is 10.0. The minimum absolute atomic E-state index is 0.145. The Bertz CT molecular complexity index is 2710. The number of rotatable bonds is 3. The van der Waals surface area contributed by atoms with Gasteiger partial charge in [-0.25, -0.2) is 9.97 Å². The summed E-state index contributed by atoms with van der Waals surface area (Å²) in [6.45, 7) is 4.72. The molecule has 0 amide bonds. The second-order valence-corrected chi connectivity index (χ2v) is 14.1. The first-order valence-corrected chi connectivity index (χ1v) is 16.9. The molecule has 4 heteroatoms. The lowest BCUT2D eigenvalue weighted by molar-refractivity contribution is 0.666. The molecule has 9 aromatic rings. The molecule has 0 saturated heterocycles. The largest absolute Gasteiger partial charge is 0.278 e. The normalized spacial score (nSPS) is 13.5. The Hall–Kier alpha value is -5.58. The van der Waals surface area contributed by atoms with Gasteiger partial charge in [0.1, 0.15) is 0 Å². The fourth-order valence-corrected chi connectivity index (χ4v) is 9.10. The van der Waals surface area contributed by atoms with E-state index < -0.39 is 0 Å². The number of thiophene rings is 1. The molecule has 0 unspecified atom stereocenters. The van der Waals surface area contributed by atoms with Gasteiger partial charge in [0.2, 0.25) is 5.95 Å². The van der Waals surface area contributed by atoms with Crippen LogP contribution in [0.5, 0.6) is 0 Å². The van der Waals surface area contributed by atoms with Crippen LogP contribution < -0.4 is 0 Å². The van der Waals surface area contributed by atoms with Crippen LogP contribution in [0.25, 0.3) is 81.6 Å². The van der Waals surface area contributed by atoms with E-state index in [0.29, 0.717) is 5.95 Å². The summed E-state index contributed by atoms with van der Waals surface area (Å²) in [5.74, 6) is 0.678. The predicted octanol–water partition coefficient (Wildman–Crippen LogP) is 11.6. The predicted molar refractivity (Wildman–Crippen MR) is 198 cm³/mol. The van der Waals surface area contributed by atoms with Crippen LogP contribution in [0.4, 0.5) is 0 Å². The molecule has 3 nitrogen and oxygen atoms in total. The molecule has 0 radical (unpaired) electrons. The molecule has 0 atom stereocenters. The molecular formula is C43H29N3S. The third kappa shape index (κ3) is 3.73. The highest BCUT2D eigenvalue weighted by atomic mass is 32.1. The minimum Gasteiger partial charge on any atom is -0.278 e. The highest BCUT2D eigenvalue weighted by molar-refractivity contribution is 7.25. The monoisotopic (exact) mass is 619 g/mol. The van der Waals surface area contributed by atoms with Crippen LogP contribution in [-0.4, -0.2) is 14.5 Å². The van der Waals surface area contributed by atoms with Gasteiger partial charge in [0, 0.05) is 47.5 Å². The smallest absolute Gasteiger partial charge is 0.235 e. The Morgan fingerprint density at radius 2 is 1.23 bits per heavy atom. The number of hydrogen-bond acceptors (Lipinski definition) is 3. The molecule has 47 heavy (non-hydrogen) atoms. The standard InChI is InChI=1S/C43H29N3S/c1-43(2)32-19-9-6-15-27(32)28-23-24-36-40(41(28)43)30-16-7-10-20-35(30)46(36)42-44-33(26-13-4-3-5-14-26)25-34(45-42)29-18-12-22-38-39(29)31-17-8-11-21-37(31)47-38/h3-25H,1-2H3. The summed E-state index contributed by atoms with van der Waals surface area (Å²) in [6, 6.07) is 50.1.